The Labute approximate surface area is 270 Å². The maximum atomic E-state index is 13.5. The van der Waals surface area contributed by atoms with E-state index in [1.165, 1.54) is 11.1 Å². The highest BCUT2D eigenvalue weighted by Gasteiger charge is 2.39. The van der Waals surface area contributed by atoms with E-state index in [4.69, 9.17) is 18.2 Å². The second-order valence-corrected chi connectivity index (χ2v) is 19.9. The van der Waals surface area contributed by atoms with Crippen molar-refractivity contribution in [2.24, 2.45) is 0 Å². The number of hydrogen-bond acceptors (Lipinski definition) is 6. The Morgan fingerprint density at radius 2 is 1.44 bits per heavy atom. The Morgan fingerprint density at radius 1 is 0.911 bits per heavy atom. The number of rotatable bonds is 13. The molecule has 0 radical (unpaired) electrons. The van der Waals surface area contributed by atoms with E-state index >= 15 is 0 Å². The molecule has 3 aromatic rings. The van der Waals surface area contributed by atoms with Crippen LogP contribution in [-0.4, -0.2) is 40.3 Å². The number of carbonyl (C=O) groups excluding carboxylic acids is 1. The molecule has 45 heavy (non-hydrogen) atoms. The van der Waals surface area contributed by atoms with Gasteiger partial charge in [0.05, 0.1) is 19.3 Å². The number of alkyl carbamates (subject to hydrolysis) is 1. The van der Waals surface area contributed by atoms with E-state index in [2.05, 4.69) is 63.4 Å². The van der Waals surface area contributed by atoms with Crippen LogP contribution in [0.25, 0.3) is 11.1 Å². The normalized spacial score (nSPS) is 14.4. The van der Waals surface area contributed by atoms with Gasteiger partial charge in [0.2, 0.25) is 8.32 Å². The summed E-state index contributed by atoms with van der Waals surface area (Å²) < 4.78 is 36.9. The Balaban J connectivity index is 1.53. The quantitative estimate of drug-likeness (QED) is 0.147. The average molecular weight is 650 g/mol. The predicted molar refractivity (Wildman–Crippen MR) is 185 cm³/mol. The highest BCUT2D eigenvalue weighted by molar-refractivity contribution is 7.58. The summed E-state index contributed by atoms with van der Waals surface area (Å²) in [5, 5.41) is 3.53. The molecule has 1 aliphatic carbocycles. The zero-order valence-corrected chi connectivity index (χ0v) is 29.8. The molecule has 7 nitrogen and oxygen atoms in total. The number of benzene rings is 3. The van der Waals surface area contributed by atoms with Crippen LogP contribution < -0.4 is 9.74 Å². The fourth-order valence-electron chi connectivity index (χ4n) is 5.30. The fourth-order valence-corrected chi connectivity index (χ4v) is 7.86. The van der Waals surface area contributed by atoms with Gasteiger partial charge in [0.15, 0.2) is 0 Å². The average Bonchev–Trinajstić information content (AvgIpc) is 3.30. The molecule has 0 heterocycles. The van der Waals surface area contributed by atoms with Gasteiger partial charge in [-0.25, -0.2) is 4.79 Å². The SMILES string of the molecule is CCOP(=O)(OCC)/C(C)=C/C(Cc1ccc(O[Si](C)(C)C(C)(C)C)cc1)NC(=O)OCC1c2ccccc2-c2ccccc21. The number of nitrogens with one attached hydrogen (secondary N) is 1. The zero-order chi connectivity index (χ0) is 32.8. The first kappa shape index (κ1) is 34.7. The summed E-state index contributed by atoms with van der Waals surface area (Å²) in [4.78, 5) is 13.3. The van der Waals surface area contributed by atoms with Crippen molar-refractivity contribution in [3.8, 4) is 16.9 Å². The smallest absolute Gasteiger partial charge is 0.407 e. The first-order valence-electron chi connectivity index (χ1n) is 15.8. The molecular formula is C36H48NO6PSi. The Bertz CT molecular complexity index is 1490. The van der Waals surface area contributed by atoms with Gasteiger partial charge in [0.1, 0.15) is 12.4 Å². The maximum Gasteiger partial charge on any atom is 0.407 e. The van der Waals surface area contributed by atoms with E-state index < -0.39 is 28.0 Å². The summed E-state index contributed by atoms with van der Waals surface area (Å²) in [6, 6.07) is 23.9. The van der Waals surface area contributed by atoms with Crippen molar-refractivity contribution in [3.63, 3.8) is 0 Å². The monoisotopic (exact) mass is 649 g/mol. The fraction of sp³-hybridized carbons (Fsp3) is 0.417. The van der Waals surface area contributed by atoms with E-state index in [0.29, 0.717) is 11.7 Å². The molecule has 0 spiro atoms. The first-order chi connectivity index (χ1) is 21.3. The number of fused-ring (bicyclic) bond motifs is 3. The molecule has 1 atom stereocenters. The van der Waals surface area contributed by atoms with Gasteiger partial charge < -0.3 is 23.5 Å². The largest absolute Gasteiger partial charge is 0.544 e. The van der Waals surface area contributed by atoms with Crippen LogP contribution in [0.5, 0.6) is 5.75 Å². The molecule has 242 valence electrons. The highest BCUT2D eigenvalue weighted by Crippen LogP contribution is 2.55. The Morgan fingerprint density at radius 3 is 1.96 bits per heavy atom. The number of amides is 1. The first-order valence-corrected chi connectivity index (χ1v) is 20.2. The molecular weight excluding hydrogens is 601 g/mol. The van der Waals surface area contributed by atoms with E-state index in [0.717, 1.165) is 22.4 Å². The van der Waals surface area contributed by atoms with E-state index in [-0.39, 0.29) is 30.8 Å². The van der Waals surface area contributed by atoms with Crippen LogP contribution >= 0.6 is 7.60 Å². The minimum atomic E-state index is -3.51. The van der Waals surface area contributed by atoms with Crippen molar-refractivity contribution in [2.75, 3.05) is 19.8 Å². The molecule has 1 amide bonds. The molecule has 0 aromatic heterocycles. The minimum Gasteiger partial charge on any atom is -0.544 e. The summed E-state index contributed by atoms with van der Waals surface area (Å²) in [5.74, 6) is 0.777. The molecule has 1 aliphatic rings. The third-order valence-corrected chi connectivity index (χ3v) is 15.2. The van der Waals surface area contributed by atoms with E-state index in [9.17, 15) is 9.36 Å². The van der Waals surface area contributed by atoms with Crippen molar-refractivity contribution < 1.29 is 27.6 Å². The third kappa shape index (κ3) is 8.36. The van der Waals surface area contributed by atoms with Crippen LogP contribution in [-0.2, 0) is 24.8 Å². The summed E-state index contributed by atoms with van der Waals surface area (Å²) in [7, 11) is -5.49. The van der Waals surface area contributed by atoms with Gasteiger partial charge in [0.25, 0.3) is 0 Å². The lowest BCUT2D eigenvalue weighted by Crippen LogP contribution is -2.43. The van der Waals surface area contributed by atoms with E-state index in [1.54, 1.807) is 26.8 Å². The number of allylic oxidation sites excluding steroid dienone is 1. The van der Waals surface area contributed by atoms with Crippen molar-refractivity contribution in [2.45, 2.75) is 78.1 Å². The molecule has 0 bridgehead atoms. The van der Waals surface area contributed by atoms with Gasteiger partial charge in [-0.1, -0.05) is 87.5 Å². The topological polar surface area (TPSA) is 83.1 Å². The standard InChI is InChI=1S/C36H48NO6PSi/c1-9-41-44(39,42-10-2)26(3)23-28(24-27-19-21-29(22-20-27)43-45(7,8)36(4,5)6)37-35(38)40-25-34-32-17-13-11-15-30(32)31-16-12-14-18-33(31)34/h11-23,28,34H,9-10,24-25H2,1-8H3,(H,37,38)/b26-23+. The molecule has 9 heteroatoms. The van der Waals surface area contributed by atoms with Gasteiger partial charge in [0, 0.05) is 11.2 Å². The second-order valence-electron chi connectivity index (χ2n) is 12.9. The van der Waals surface area contributed by atoms with E-state index in [1.807, 2.05) is 48.5 Å². The summed E-state index contributed by atoms with van der Waals surface area (Å²) in [6.07, 6.45) is 1.65. The van der Waals surface area contributed by atoms with Crippen LogP contribution in [0.15, 0.2) is 84.2 Å². The molecule has 1 N–H and O–H groups in total. The number of ether oxygens (including phenoxy) is 1. The van der Waals surface area contributed by atoms with Gasteiger partial charge >= 0.3 is 13.7 Å². The van der Waals surface area contributed by atoms with Gasteiger partial charge in [-0.2, -0.15) is 0 Å². The van der Waals surface area contributed by atoms with Crippen molar-refractivity contribution in [1.82, 2.24) is 5.32 Å². The second kappa shape index (κ2) is 14.5. The van der Waals surface area contributed by atoms with Crippen LogP contribution in [0.2, 0.25) is 18.1 Å². The van der Waals surface area contributed by atoms with Crippen LogP contribution in [0.1, 0.15) is 64.2 Å². The molecule has 0 fully saturated rings. The van der Waals surface area contributed by atoms with Crippen molar-refractivity contribution in [3.05, 3.63) is 101 Å². The van der Waals surface area contributed by atoms with Crippen LogP contribution in [0.3, 0.4) is 0 Å². The van der Waals surface area contributed by atoms with Crippen LogP contribution in [0.4, 0.5) is 4.79 Å². The van der Waals surface area contributed by atoms with Gasteiger partial charge in [-0.15, -0.1) is 0 Å². The lowest BCUT2D eigenvalue weighted by atomic mass is 9.98. The lowest BCUT2D eigenvalue weighted by Gasteiger charge is -2.36. The molecule has 1 unspecified atom stereocenters. The van der Waals surface area contributed by atoms with Crippen molar-refractivity contribution >= 4 is 22.0 Å². The predicted octanol–water partition coefficient (Wildman–Crippen LogP) is 9.69. The lowest BCUT2D eigenvalue weighted by molar-refractivity contribution is 0.140. The maximum absolute atomic E-state index is 13.5. The molecule has 4 rings (SSSR count). The number of carbonyl (C=O) groups is 1. The minimum absolute atomic E-state index is 0.0524. The molecule has 0 saturated carbocycles. The highest BCUT2D eigenvalue weighted by atomic mass is 31.2. The Kier molecular flexibility index (Phi) is 11.2. The van der Waals surface area contributed by atoms with Crippen molar-refractivity contribution in [1.29, 1.82) is 0 Å². The Hall–Kier alpha value is -3.16. The number of hydrogen-bond donors (Lipinski definition) is 1. The molecule has 0 aliphatic heterocycles. The van der Waals surface area contributed by atoms with Gasteiger partial charge in [-0.05, 0) is 85.3 Å². The van der Waals surface area contributed by atoms with Gasteiger partial charge in [-0.3, -0.25) is 4.57 Å². The summed E-state index contributed by atoms with van der Waals surface area (Å²) in [5.41, 5.74) is 5.61. The van der Waals surface area contributed by atoms with Crippen LogP contribution in [0, 0.1) is 0 Å². The summed E-state index contributed by atoms with van der Waals surface area (Å²) >= 11 is 0. The molecule has 0 saturated heterocycles. The third-order valence-electron chi connectivity index (χ3n) is 8.68. The zero-order valence-electron chi connectivity index (χ0n) is 27.9. The summed E-state index contributed by atoms with van der Waals surface area (Å²) in [6.45, 7) is 17.0. The molecule has 3 aromatic carbocycles.